The minimum atomic E-state index is -0.791. The fourth-order valence-corrected chi connectivity index (χ4v) is 3.76. The van der Waals surface area contributed by atoms with Crippen LogP contribution in [-0.4, -0.2) is 45.1 Å². The molecule has 0 aliphatic carbocycles. The number of carbonyl (C=O) groups is 2. The van der Waals surface area contributed by atoms with E-state index in [0.29, 0.717) is 11.5 Å². The number of benzene rings is 3. The first-order valence-corrected chi connectivity index (χ1v) is 10.9. The number of amides is 2. The van der Waals surface area contributed by atoms with Crippen LogP contribution in [0.3, 0.4) is 0 Å². The van der Waals surface area contributed by atoms with Gasteiger partial charge in [-0.25, -0.2) is 0 Å². The van der Waals surface area contributed by atoms with Crippen LogP contribution >= 0.6 is 0 Å². The summed E-state index contributed by atoms with van der Waals surface area (Å²) in [6.45, 7) is 0.253. The number of hydrogen-bond acceptors (Lipinski definition) is 5. The third-order valence-corrected chi connectivity index (χ3v) is 5.56. The van der Waals surface area contributed by atoms with Gasteiger partial charge in [-0.1, -0.05) is 48.5 Å². The molecule has 34 heavy (non-hydrogen) atoms. The molecule has 0 aromatic heterocycles. The molecule has 7 nitrogen and oxygen atoms in total. The quantitative estimate of drug-likeness (QED) is 0.496. The summed E-state index contributed by atoms with van der Waals surface area (Å²) in [6, 6.07) is 21.3. The van der Waals surface area contributed by atoms with Crippen molar-refractivity contribution < 1.29 is 23.8 Å². The molecule has 0 saturated heterocycles. The van der Waals surface area contributed by atoms with Crippen LogP contribution in [0.2, 0.25) is 0 Å². The average Bonchev–Trinajstić information content (AvgIpc) is 2.88. The van der Waals surface area contributed by atoms with Crippen LogP contribution in [0.5, 0.6) is 17.2 Å². The molecule has 2 amide bonds. The summed E-state index contributed by atoms with van der Waals surface area (Å²) in [5.41, 5.74) is 2.37. The zero-order chi connectivity index (χ0) is 24.5. The highest BCUT2D eigenvalue weighted by molar-refractivity contribution is 5.89. The molecule has 1 N–H and O–H groups in total. The van der Waals surface area contributed by atoms with Crippen LogP contribution in [0.1, 0.15) is 22.7 Å². The second-order valence-electron chi connectivity index (χ2n) is 7.66. The van der Waals surface area contributed by atoms with Gasteiger partial charge in [-0.3, -0.25) is 9.59 Å². The van der Waals surface area contributed by atoms with E-state index in [-0.39, 0.29) is 24.8 Å². The van der Waals surface area contributed by atoms with E-state index in [0.717, 1.165) is 22.4 Å². The maximum Gasteiger partial charge on any atom is 0.247 e. The predicted octanol–water partition coefficient (Wildman–Crippen LogP) is 3.77. The predicted molar refractivity (Wildman–Crippen MR) is 130 cm³/mol. The Balaban J connectivity index is 1.98. The molecule has 0 bridgehead atoms. The Kier molecular flexibility index (Phi) is 8.51. The highest BCUT2D eigenvalue weighted by Crippen LogP contribution is 2.29. The van der Waals surface area contributed by atoms with Crippen LogP contribution in [0.25, 0.3) is 0 Å². The topological polar surface area (TPSA) is 77.1 Å². The van der Waals surface area contributed by atoms with Crippen molar-refractivity contribution in [2.45, 2.75) is 19.0 Å². The van der Waals surface area contributed by atoms with Crippen LogP contribution in [0.15, 0.2) is 72.8 Å². The molecule has 0 fully saturated rings. The molecule has 1 atom stereocenters. The largest absolute Gasteiger partial charge is 0.497 e. The molecule has 178 valence electrons. The van der Waals surface area contributed by atoms with Crippen molar-refractivity contribution in [3.8, 4) is 17.2 Å². The normalized spacial score (nSPS) is 11.3. The van der Waals surface area contributed by atoms with Crippen LogP contribution in [0, 0.1) is 0 Å². The van der Waals surface area contributed by atoms with E-state index >= 15 is 0 Å². The molecular weight excluding hydrogens is 432 g/mol. The van der Waals surface area contributed by atoms with Gasteiger partial charge in [-0.2, -0.15) is 0 Å². The molecule has 0 aliphatic heterocycles. The van der Waals surface area contributed by atoms with Crippen LogP contribution in [-0.2, 0) is 22.6 Å². The number of methoxy groups -OCH3 is 3. The van der Waals surface area contributed by atoms with Crippen molar-refractivity contribution in [2.75, 3.05) is 28.4 Å². The number of carbonyl (C=O) groups excluding carboxylic acids is 2. The molecule has 7 heteroatoms. The van der Waals surface area contributed by atoms with E-state index in [1.54, 1.807) is 45.4 Å². The first-order chi connectivity index (χ1) is 16.5. The van der Waals surface area contributed by atoms with Gasteiger partial charge >= 0.3 is 0 Å². The van der Waals surface area contributed by atoms with E-state index in [1.165, 1.54) is 0 Å². The van der Waals surface area contributed by atoms with Gasteiger partial charge in [0.2, 0.25) is 11.8 Å². The van der Waals surface area contributed by atoms with Crippen molar-refractivity contribution in [3.05, 3.63) is 89.5 Å². The summed E-state index contributed by atoms with van der Waals surface area (Å²) in [4.78, 5) is 28.3. The highest BCUT2D eigenvalue weighted by atomic mass is 16.5. The Labute approximate surface area is 200 Å². The Morgan fingerprint density at radius 1 is 0.824 bits per heavy atom. The fraction of sp³-hybridized carbons (Fsp3) is 0.259. The first kappa shape index (κ1) is 24.6. The maximum absolute atomic E-state index is 13.7. The fourth-order valence-electron chi connectivity index (χ4n) is 3.76. The van der Waals surface area contributed by atoms with Gasteiger partial charge in [0, 0.05) is 13.6 Å². The summed E-state index contributed by atoms with van der Waals surface area (Å²) < 4.78 is 15.9. The van der Waals surface area contributed by atoms with Crippen molar-refractivity contribution in [1.82, 2.24) is 10.2 Å². The SMILES string of the molecule is CNC(=O)[C@H](c1ccccc1)N(Cc1ccc(OC)cc1)C(=O)Cc1ccc(OC)c(OC)c1. The average molecular weight is 463 g/mol. The number of likely N-dealkylation sites (N-methyl/N-ethyl adjacent to an activating group) is 1. The molecule has 0 radical (unpaired) electrons. The van der Waals surface area contributed by atoms with Crippen molar-refractivity contribution >= 4 is 11.8 Å². The lowest BCUT2D eigenvalue weighted by molar-refractivity contribution is -0.141. The maximum atomic E-state index is 13.7. The highest BCUT2D eigenvalue weighted by Gasteiger charge is 2.31. The molecule has 3 aromatic carbocycles. The number of ether oxygens (including phenoxy) is 3. The molecular formula is C27H30N2O5. The molecule has 0 spiro atoms. The number of nitrogens with zero attached hydrogens (tertiary/aromatic N) is 1. The summed E-state index contributed by atoms with van der Waals surface area (Å²) in [5, 5.41) is 2.71. The summed E-state index contributed by atoms with van der Waals surface area (Å²) in [6.07, 6.45) is 0.0941. The van der Waals surface area contributed by atoms with Crippen LogP contribution in [0.4, 0.5) is 0 Å². The Bertz CT molecular complexity index is 1100. The van der Waals surface area contributed by atoms with Gasteiger partial charge in [0.05, 0.1) is 27.8 Å². The van der Waals surface area contributed by atoms with Gasteiger partial charge in [0.1, 0.15) is 11.8 Å². The number of rotatable bonds is 10. The molecule has 0 unspecified atom stereocenters. The van der Waals surface area contributed by atoms with Crippen molar-refractivity contribution in [2.24, 2.45) is 0 Å². The lowest BCUT2D eigenvalue weighted by Crippen LogP contribution is -2.43. The minimum absolute atomic E-state index is 0.0941. The third-order valence-electron chi connectivity index (χ3n) is 5.56. The smallest absolute Gasteiger partial charge is 0.247 e. The second kappa shape index (κ2) is 11.7. The monoisotopic (exact) mass is 462 g/mol. The third kappa shape index (κ3) is 5.86. The van der Waals surface area contributed by atoms with Gasteiger partial charge in [-0.15, -0.1) is 0 Å². The zero-order valence-corrected chi connectivity index (χ0v) is 19.9. The van der Waals surface area contributed by atoms with Crippen molar-refractivity contribution in [1.29, 1.82) is 0 Å². The summed E-state index contributed by atoms with van der Waals surface area (Å²) in [7, 11) is 6.29. The van der Waals surface area contributed by atoms with E-state index in [1.807, 2.05) is 60.7 Å². The molecule has 0 aliphatic rings. The zero-order valence-electron chi connectivity index (χ0n) is 19.9. The molecule has 0 saturated carbocycles. The van der Waals surface area contributed by atoms with Crippen LogP contribution < -0.4 is 19.5 Å². The Morgan fingerprint density at radius 3 is 2.06 bits per heavy atom. The van der Waals surface area contributed by atoms with E-state index < -0.39 is 6.04 Å². The Hall–Kier alpha value is -4.00. The molecule has 3 aromatic rings. The Morgan fingerprint density at radius 2 is 1.47 bits per heavy atom. The standard InChI is InChI=1S/C27H30N2O5/c1-28-27(31)26(21-8-6-5-7-9-21)29(18-19-10-13-22(32-2)14-11-19)25(30)17-20-12-15-23(33-3)24(16-20)34-4/h5-16,26H,17-18H2,1-4H3,(H,28,31)/t26-/m0/s1. The number of hydrogen-bond donors (Lipinski definition) is 1. The lowest BCUT2D eigenvalue weighted by Gasteiger charge is -2.31. The second-order valence-corrected chi connectivity index (χ2v) is 7.66. The lowest BCUT2D eigenvalue weighted by atomic mass is 10.0. The van der Waals surface area contributed by atoms with Gasteiger partial charge in [0.25, 0.3) is 0 Å². The summed E-state index contributed by atoms with van der Waals surface area (Å²) >= 11 is 0. The first-order valence-electron chi connectivity index (χ1n) is 10.9. The van der Waals surface area contributed by atoms with Crippen molar-refractivity contribution in [3.63, 3.8) is 0 Å². The summed E-state index contributed by atoms with van der Waals surface area (Å²) in [5.74, 6) is 1.39. The van der Waals surface area contributed by atoms with E-state index in [2.05, 4.69) is 5.32 Å². The minimum Gasteiger partial charge on any atom is -0.497 e. The van der Waals surface area contributed by atoms with Gasteiger partial charge in [0.15, 0.2) is 11.5 Å². The van der Waals surface area contributed by atoms with Gasteiger partial charge < -0.3 is 24.4 Å². The number of nitrogens with one attached hydrogen (secondary N) is 1. The van der Waals surface area contributed by atoms with E-state index in [4.69, 9.17) is 14.2 Å². The van der Waals surface area contributed by atoms with Gasteiger partial charge in [-0.05, 0) is 41.0 Å². The van der Waals surface area contributed by atoms with E-state index in [9.17, 15) is 9.59 Å². The molecule has 0 heterocycles. The molecule has 3 rings (SSSR count).